The van der Waals surface area contributed by atoms with Crippen molar-refractivity contribution in [2.24, 2.45) is 0 Å². The van der Waals surface area contributed by atoms with Crippen molar-refractivity contribution < 1.29 is 29.1 Å². The SMILES string of the molecule is COc1ccc2nc(N3C(=O)C(=O)/C(=C(/O)c4ccc(OC)c(C)c4)[C@H]3c3ccc([N+](=O)[O-])cc3)sc2c1. The van der Waals surface area contributed by atoms with Gasteiger partial charge in [-0.05, 0) is 66.6 Å². The number of non-ortho nitro benzene ring substituents is 1. The summed E-state index contributed by atoms with van der Waals surface area (Å²) in [6, 6.07) is 14.6. The topological polar surface area (TPSA) is 132 Å². The fourth-order valence-corrected chi connectivity index (χ4v) is 5.45. The zero-order valence-electron chi connectivity index (χ0n) is 20.5. The Morgan fingerprint density at radius 3 is 2.42 bits per heavy atom. The van der Waals surface area contributed by atoms with Gasteiger partial charge < -0.3 is 14.6 Å². The average Bonchev–Trinajstić information content (AvgIpc) is 3.45. The van der Waals surface area contributed by atoms with E-state index in [4.69, 9.17) is 9.47 Å². The number of aromatic nitrogens is 1. The number of benzene rings is 3. The molecule has 0 bridgehead atoms. The van der Waals surface area contributed by atoms with E-state index in [0.29, 0.717) is 28.1 Å². The molecule has 1 aromatic heterocycles. The van der Waals surface area contributed by atoms with E-state index in [2.05, 4.69) is 4.98 Å². The Kier molecular flexibility index (Phi) is 6.29. The number of nitro groups is 1. The number of thiazole rings is 1. The maximum Gasteiger partial charge on any atom is 0.301 e. The maximum atomic E-state index is 13.4. The lowest BCUT2D eigenvalue weighted by Crippen LogP contribution is -2.29. The summed E-state index contributed by atoms with van der Waals surface area (Å²) < 4.78 is 11.3. The summed E-state index contributed by atoms with van der Waals surface area (Å²) in [6.07, 6.45) is 0. The highest BCUT2D eigenvalue weighted by Crippen LogP contribution is 2.45. The van der Waals surface area contributed by atoms with E-state index in [1.54, 1.807) is 43.3 Å². The van der Waals surface area contributed by atoms with Crippen LogP contribution >= 0.6 is 11.3 Å². The molecule has 11 heteroatoms. The van der Waals surface area contributed by atoms with Gasteiger partial charge in [0.05, 0.1) is 41.0 Å². The van der Waals surface area contributed by atoms with Crippen LogP contribution in [0.3, 0.4) is 0 Å². The number of hydrogen-bond donors (Lipinski definition) is 1. The lowest BCUT2D eigenvalue weighted by Gasteiger charge is -2.23. The highest BCUT2D eigenvalue weighted by molar-refractivity contribution is 7.22. The summed E-state index contributed by atoms with van der Waals surface area (Å²) in [5.41, 5.74) is 1.74. The van der Waals surface area contributed by atoms with Crippen LogP contribution in [-0.2, 0) is 9.59 Å². The van der Waals surface area contributed by atoms with E-state index in [1.807, 2.05) is 0 Å². The molecule has 0 unspecified atom stereocenters. The van der Waals surface area contributed by atoms with Crippen molar-refractivity contribution in [2.45, 2.75) is 13.0 Å². The number of carbonyl (C=O) groups excluding carboxylic acids is 2. The summed E-state index contributed by atoms with van der Waals surface area (Å²) in [5, 5.41) is 22.8. The summed E-state index contributed by atoms with van der Waals surface area (Å²) in [5.74, 6) is -0.930. The van der Waals surface area contributed by atoms with Crippen molar-refractivity contribution in [2.75, 3.05) is 19.1 Å². The first kappa shape index (κ1) is 24.9. The number of fused-ring (bicyclic) bond motifs is 1. The standard InChI is InChI=1S/C27H21N3O7S/c1-14-12-16(6-11-20(14)37-3)24(31)22-23(15-4-7-17(8-5-15)30(34)35)29(26(33)25(22)32)27-28-19-10-9-18(36-2)13-21(19)38-27/h4-13,23,31H,1-3H3/b24-22+/t23-/m1/s1. The number of Topliss-reactive ketones (excluding diaryl/α,β-unsaturated/α-hetero) is 1. The van der Waals surface area contributed by atoms with E-state index >= 15 is 0 Å². The van der Waals surface area contributed by atoms with Gasteiger partial charge >= 0.3 is 5.91 Å². The number of methoxy groups -OCH3 is 2. The molecule has 192 valence electrons. The summed E-state index contributed by atoms with van der Waals surface area (Å²) in [7, 11) is 3.06. The second-order valence-corrected chi connectivity index (χ2v) is 9.54. The Hall–Kier alpha value is -4.77. The number of nitro benzene ring substituents is 1. The molecule has 1 fully saturated rings. The van der Waals surface area contributed by atoms with Crippen LogP contribution in [0.25, 0.3) is 16.0 Å². The molecule has 1 amide bonds. The Labute approximate surface area is 220 Å². The van der Waals surface area contributed by atoms with E-state index < -0.39 is 22.7 Å². The number of anilines is 1. The number of carbonyl (C=O) groups is 2. The predicted molar refractivity (Wildman–Crippen MR) is 142 cm³/mol. The summed E-state index contributed by atoms with van der Waals surface area (Å²) in [6.45, 7) is 1.79. The van der Waals surface area contributed by atoms with Gasteiger partial charge in [0.1, 0.15) is 17.3 Å². The lowest BCUT2D eigenvalue weighted by molar-refractivity contribution is -0.384. The molecule has 3 aromatic carbocycles. The number of aliphatic hydroxyl groups is 1. The average molecular weight is 532 g/mol. The lowest BCUT2D eigenvalue weighted by atomic mass is 9.94. The fraction of sp³-hybridized carbons (Fsp3) is 0.148. The van der Waals surface area contributed by atoms with Crippen LogP contribution in [0.1, 0.15) is 22.7 Å². The molecule has 1 aliphatic heterocycles. The van der Waals surface area contributed by atoms with Crippen LogP contribution in [0.2, 0.25) is 0 Å². The second kappa shape index (κ2) is 9.60. The highest BCUT2D eigenvalue weighted by Gasteiger charge is 2.48. The van der Waals surface area contributed by atoms with Crippen molar-refractivity contribution in [1.82, 2.24) is 4.98 Å². The number of nitrogens with zero attached hydrogens (tertiary/aromatic N) is 3. The molecule has 38 heavy (non-hydrogen) atoms. The third kappa shape index (κ3) is 4.12. The quantitative estimate of drug-likeness (QED) is 0.119. The zero-order chi connectivity index (χ0) is 27.1. The van der Waals surface area contributed by atoms with Crippen molar-refractivity contribution >= 4 is 49.8 Å². The molecular weight excluding hydrogens is 510 g/mol. The van der Waals surface area contributed by atoms with Gasteiger partial charge in [-0.3, -0.25) is 24.6 Å². The Bertz CT molecular complexity index is 1640. The number of hydrogen-bond acceptors (Lipinski definition) is 9. The Morgan fingerprint density at radius 1 is 1.05 bits per heavy atom. The van der Waals surface area contributed by atoms with E-state index in [-0.39, 0.29) is 22.2 Å². The normalized spacial score (nSPS) is 16.7. The number of amides is 1. The highest BCUT2D eigenvalue weighted by atomic mass is 32.1. The molecule has 1 N–H and O–H groups in total. The number of aliphatic hydroxyl groups excluding tert-OH is 1. The van der Waals surface area contributed by atoms with Crippen molar-refractivity contribution in [1.29, 1.82) is 0 Å². The number of ketones is 1. The van der Waals surface area contributed by atoms with Gasteiger partial charge in [-0.2, -0.15) is 0 Å². The van der Waals surface area contributed by atoms with Crippen LogP contribution < -0.4 is 14.4 Å². The third-order valence-electron chi connectivity index (χ3n) is 6.32. The van der Waals surface area contributed by atoms with Crippen molar-refractivity contribution in [3.8, 4) is 11.5 Å². The number of aryl methyl sites for hydroxylation is 1. The molecule has 5 rings (SSSR count). The van der Waals surface area contributed by atoms with Gasteiger partial charge in [0.2, 0.25) is 0 Å². The van der Waals surface area contributed by atoms with Gasteiger partial charge in [0, 0.05) is 17.7 Å². The van der Waals surface area contributed by atoms with Crippen molar-refractivity contribution in [3.05, 3.63) is 93.0 Å². The van der Waals surface area contributed by atoms with E-state index in [1.165, 1.54) is 54.7 Å². The van der Waals surface area contributed by atoms with Gasteiger partial charge in [-0.25, -0.2) is 4.98 Å². The molecular formula is C27H21N3O7S. The number of rotatable bonds is 6. The fourth-order valence-electron chi connectivity index (χ4n) is 4.43. The van der Waals surface area contributed by atoms with Crippen LogP contribution in [0, 0.1) is 17.0 Å². The first-order valence-electron chi connectivity index (χ1n) is 11.4. The minimum atomic E-state index is -1.07. The number of ether oxygens (including phenoxy) is 2. The minimum Gasteiger partial charge on any atom is -0.507 e. The Balaban J connectivity index is 1.71. The molecule has 0 saturated carbocycles. The first-order chi connectivity index (χ1) is 18.2. The third-order valence-corrected chi connectivity index (χ3v) is 7.34. The zero-order valence-corrected chi connectivity index (χ0v) is 21.3. The van der Waals surface area contributed by atoms with Crippen LogP contribution in [0.15, 0.2) is 66.2 Å². The molecule has 4 aromatic rings. The minimum absolute atomic E-state index is 0.148. The summed E-state index contributed by atoms with van der Waals surface area (Å²) in [4.78, 5) is 43.3. The largest absolute Gasteiger partial charge is 0.507 e. The predicted octanol–water partition coefficient (Wildman–Crippen LogP) is 5.16. The molecule has 0 aliphatic carbocycles. The molecule has 1 saturated heterocycles. The van der Waals surface area contributed by atoms with E-state index in [9.17, 15) is 24.8 Å². The first-order valence-corrected chi connectivity index (χ1v) is 12.2. The second-order valence-electron chi connectivity index (χ2n) is 8.53. The van der Waals surface area contributed by atoms with Crippen LogP contribution in [-0.4, -0.2) is 40.9 Å². The maximum absolute atomic E-state index is 13.4. The smallest absolute Gasteiger partial charge is 0.301 e. The monoisotopic (exact) mass is 531 g/mol. The Morgan fingerprint density at radius 2 is 1.79 bits per heavy atom. The van der Waals surface area contributed by atoms with Crippen LogP contribution in [0.4, 0.5) is 10.8 Å². The van der Waals surface area contributed by atoms with Crippen molar-refractivity contribution in [3.63, 3.8) is 0 Å². The molecule has 1 atom stereocenters. The van der Waals surface area contributed by atoms with Gasteiger partial charge in [-0.15, -0.1) is 0 Å². The van der Waals surface area contributed by atoms with Gasteiger partial charge in [0.15, 0.2) is 5.13 Å². The molecule has 1 aliphatic rings. The molecule has 2 heterocycles. The molecule has 0 radical (unpaired) electrons. The molecule has 10 nitrogen and oxygen atoms in total. The molecule has 0 spiro atoms. The van der Waals surface area contributed by atoms with Gasteiger partial charge in [0.25, 0.3) is 11.5 Å². The van der Waals surface area contributed by atoms with E-state index in [0.717, 1.165) is 10.3 Å². The van der Waals surface area contributed by atoms with Gasteiger partial charge in [-0.1, -0.05) is 11.3 Å². The van der Waals surface area contributed by atoms with Crippen LogP contribution in [0.5, 0.6) is 11.5 Å². The summed E-state index contributed by atoms with van der Waals surface area (Å²) >= 11 is 1.19.